The number of carboxylic acids is 1. The molecule has 0 aliphatic carbocycles. The second kappa shape index (κ2) is 17.8. The Morgan fingerprint density at radius 1 is 0.750 bits per heavy atom. The standard InChI is InChI=1S/C19H37NO7.CH4/c1-2-14(21)18(26)19(27)15(22)13-20-16(23)11-9-7-5-3-4-6-8-10-12-17(24)25;/h14-15,18-19,21-22,26-27H,2-13H2,1H3,(H,20,23)(H,24,25);1H4/t14-,15+,18-,19-;/m1./s1. The van der Waals surface area contributed by atoms with Gasteiger partial charge in [0.2, 0.25) is 5.91 Å². The van der Waals surface area contributed by atoms with E-state index in [-0.39, 0.29) is 32.7 Å². The van der Waals surface area contributed by atoms with Crippen LogP contribution in [0.1, 0.15) is 85.0 Å². The van der Waals surface area contributed by atoms with Crippen LogP contribution < -0.4 is 5.32 Å². The van der Waals surface area contributed by atoms with Crippen molar-refractivity contribution in [2.75, 3.05) is 6.54 Å². The van der Waals surface area contributed by atoms with Gasteiger partial charge in [-0.05, 0) is 19.3 Å². The Morgan fingerprint density at radius 3 is 1.64 bits per heavy atom. The summed E-state index contributed by atoms with van der Waals surface area (Å²) in [6.07, 6.45) is 2.91. The number of hydrogen-bond acceptors (Lipinski definition) is 6. The van der Waals surface area contributed by atoms with Gasteiger partial charge < -0.3 is 30.8 Å². The second-order valence-electron chi connectivity index (χ2n) is 7.05. The molecule has 168 valence electrons. The van der Waals surface area contributed by atoms with Crippen molar-refractivity contribution in [3.8, 4) is 0 Å². The number of rotatable bonds is 17. The smallest absolute Gasteiger partial charge is 0.303 e. The van der Waals surface area contributed by atoms with Crippen LogP contribution in [0.3, 0.4) is 0 Å². The lowest BCUT2D eigenvalue weighted by molar-refractivity contribution is -0.137. The zero-order valence-corrected chi connectivity index (χ0v) is 16.3. The van der Waals surface area contributed by atoms with Crippen LogP contribution in [-0.4, -0.2) is 68.4 Å². The third kappa shape index (κ3) is 14.8. The molecule has 0 aliphatic rings. The molecule has 0 aromatic carbocycles. The average Bonchev–Trinajstić information content (AvgIpc) is 2.65. The first kappa shape index (κ1) is 29.0. The highest BCUT2D eigenvalue weighted by atomic mass is 16.4. The summed E-state index contributed by atoms with van der Waals surface area (Å²) in [6, 6.07) is 0. The fourth-order valence-electron chi connectivity index (χ4n) is 2.75. The van der Waals surface area contributed by atoms with Gasteiger partial charge in [0.25, 0.3) is 0 Å². The highest BCUT2D eigenvalue weighted by molar-refractivity contribution is 5.75. The molecule has 28 heavy (non-hydrogen) atoms. The molecule has 0 fully saturated rings. The zero-order valence-electron chi connectivity index (χ0n) is 16.3. The van der Waals surface area contributed by atoms with E-state index in [0.29, 0.717) is 6.42 Å². The number of aliphatic hydroxyl groups is 4. The van der Waals surface area contributed by atoms with Crippen LogP contribution in [0.4, 0.5) is 0 Å². The molecule has 0 radical (unpaired) electrons. The van der Waals surface area contributed by atoms with Gasteiger partial charge in [0.15, 0.2) is 0 Å². The van der Waals surface area contributed by atoms with Crippen molar-refractivity contribution >= 4 is 11.9 Å². The minimum absolute atomic E-state index is 0. The quantitative estimate of drug-likeness (QED) is 0.201. The summed E-state index contributed by atoms with van der Waals surface area (Å²) in [5, 5.41) is 49.7. The lowest BCUT2D eigenvalue weighted by Crippen LogP contribution is -2.48. The maximum Gasteiger partial charge on any atom is 0.303 e. The van der Waals surface area contributed by atoms with Crippen LogP contribution in [-0.2, 0) is 9.59 Å². The molecule has 0 spiro atoms. The summed E-state index contributed by atoms with van der Waals surface area (Å²) in [6.45, 7) is 1.47. The molecule has 0 aromatic heterocycles. The van der Waals surface area contributed by atoms with Crippen molar-refractivity contribution in [2.24, 2.45) is 0 Å². The van der Waals surface area contributed by atoms with E-state index in [1.54, 1.807) is 6.92 Å². The minimum atomic E-state index is -1.52. The molecule has 0 saturated heterocycles. The summed E-state index contributed by atoms with van der Waals surface area (Å²) < 4.78 is 0. The molecule has 8 heteroatoms. The predicted octanol–water partition coefficient (Wildman–Crippen LogP) is 1.58. The highest BCUT2D eigenvalue weighted by Crippen LogP contribution is 2.11. The topological polar surface area (TPSA) is 147 Å². The summed E-state index contributed by atoms with van der Waals surface area (Å²) >= 11 is 0. The largest absolute Gasteiger partial charge is 0.481 e. The molecule has 0 unspecified atom stereocenters. The molecule has 0 saturated carbocycles. The van der Waals surface area contributed by atoms with Crippen LogP contribution in [0.5, 0.6) is 0 Å². The van der Waals surface area contributed by atoms with Crippen molar-refractivity contribution in [3.63, 3.8) is 0 Å². The molecule has 0 aliphatic heterocycles. The van der Waals surface area contributed by atoms with Crippen molar-refractivity contribution in [1.29, 1.82) is 0 Å². The lowest BCUT2D eigenvalue weighted by Gasteiger charge is -2.26. The Bertz CT molecular complexity index is 406. The van der Waals surface area contributed by atoms with E-state index >= 15 is 0 Å². The van der Waals surface area contributed by atoms with E-state index in [2.05, 4.69) is 5.32 Å². The average molecular weight is 408 g/mol. The van der Waals surface area contributed by atoms with Crippen molar-refractivity contribution in [2.45, 2.75) is 109 Å². The highest BCUT2D eigenvalue weighted by Gasteiger charge is 2.29. The third-order valence-corrected chi connectivity index (χ3v) is 4.61. The maximum atomic E-state index is 11.7. The van der Waals surface area contributed by atoms with Crippen molar-refractivity contribution in [3.05, 3.63) is 0 Å². The van der Waals surface area contributed by atoms with E-state index in [9.17, 15) is 30.0 Å². The summed E-state index contributed by atoms with van der Waals surface area (Å²) in [5.41, 5.74) is 0. The molecule has 0 bridgehead atoms. The van der Waals surface area contributed by atoms with Crippen LogP contribution in [0, 0.1) is 0 Å². The fourth-order valence-corrected chi connectivity index (χ4v) is 2.75. The van der Waals surface area contributed by atoms with E-state index < -0.39 is 30.4 Å². The SMILES string of the molecule is C.CC[C@@H](O)[C@@H](O)[C@H](O)[C@@H](O)CNC(=O)CCCCCCCCCCC(=O)O. The molecule has 8 nitrogen and oxygen atoms in total. The summed E-state index contributed by atoms with van der Waals surface area (Å²) in [7, 11) is 0. The van der Waals surface area contributed by atoms with Gasteiger partial charge in [0, 0.05) is 19.4 Å². The molecular weight excluding hydrogens is 366 g/mol. The van der Waals surface area contributed by atoms with E-state index in [1.807, 2.05) is 0 Å². The Labute approximate surface area is 169 Å². The van der Waals surface area contributed by atoms with Gasteiger partial charge >= 0.3 is 5.97 Å². The number of carbonyl (C=O) groups excluding carboxylic acids is 1. The van der Waals surface area contributed by atoms with Crippen LogP contribution in [0.25, 0.3) is 0 Å². The Hall–Kier alpha value is -1.22. The van der Waals surface area contributed by atoms with E-state index in [4.69, 9.17) is 5.11 Å². The number of hydrogen-bond donors (Lipinski definition) is 6. The van der Waals surface area contributed by atoms with Gasteiger partial charge in [-0.25, -0.2) is 0 Å². The van der Waals surface area contributed by atoms with Crippen LogP contribution in [0.2, 0.25) is 0 Å². The normalized spacial score (nSPS) is 15.2. The third-order valence-electron chi connectivity index (χ3n) is 4.61. The Kier molecular flexibility index (Phi) is 18.5. The maximum absolute atomic E-state index is 11.7. The number of aliphatic carboxylic acids is 1. The van der Waals surface area contributed by atoms with Crippen molar-refractivity contribution in [1.82, 2.24) is 5.32 Å². The summed E-state index contributed by atoms with van der Waals surface area (Å²) in [4.78, 5) is 22.1. The van der Waals surface area contributed by atoms with Crippen molar-refractivity contribution < 1.29 is 35.1 Å². The second-order valence-corrected chi connectivity index (χ2v) is 7.05. The monoisotopic (exact) mass is 407 g/mol. The zero-order chi connectivity index (χ0) is 20.7. The molecule has 0 heterocycles. The van der Waals surface area contributed by atoms with Gasteiger partial charge in [0.1, 0.15) is 12.2 Å². The number of amides is 1. The molecule has 0 rings (SSSR count). The Balaban J connectivity index is 0. The molecule has 0 aromatic rings. The number of unbranched alkanes of at least 4 members (excludes halogenated alkanes) is 7. The molecule has 4 atom stereocenters. The Morgan fingerprint density at radius 2 is 1.18 bits per heavy atom. The molecular formula is C20H41NO7. The number of carboxylic acid groups (broad SMARTS) is 1. The van der Waals surface area contributed by atoms with Gasteiger partial charge in [-0.1, -0.05) is 52.9 Å². The van der Waals surface area contributed by atoms with E-state index in [1.165, 1.54) is 0 Å². The first-order chi connectivity index (χ1) is 12.8. The van der Waals surface area contributed by atoms with Gasteiger partial charge in [-0.2, -0.15) is 0 Å². The predicted molar refractivity (Wildman–Crippen MR) is 108 cm³/mol. The van der Waals surface area contributed by atoms with Crippen LogP contribution >= 0.6 is 0 Å². The van der Waals surface area contributed by atoms with Gasteiger partial charge in [-0.3, -0.25) is 9.59 Å². The van der Waals surface area contributed by atoms with Gasteiger partial charge in [0.05, 0.1) is 12.2 Å². The first-order valence-corrected chi connectivity index (χ1v) is 10.00. The lowest BCUT2D eigenvalue weighted by atomic mass is 10.0. The minimum Gasteiger partial charge on any atom is -0.481 e. The molecule has 6 N–H and O–H groups in total. The van der Waals surface area contributed by atoms with Gasteiger partial charge in [-0.15, -0.1) is 0 Å². The molecule has 1 amide bonds. The fraction of sp³-hybridized carbons (Fsp3) is 0.900. The number of carbonyl (C=O) groups is 2. The number of nitrogens with one attached hydrogen (secondary N) is 1. The summed E-state index contributed by atoms with van der Waals surface area (Å²) in [5.74, 6) is -0.967. The van der Waals surface area contributed by atoms with E-state index in [0.717, 1.165) is 51.4 Å². The van der Waals surface area contributed by atoms with Crippen LogP contribution in [0.15, 0.2) is 0 Å². The first-order valence-electron chi connectivity index (χ1n) is 10.00. The number of aliphatic hydroxyl groups excluding tert-OH is 4.